The summed E-state index contributed by atoms with van der Waals surface area (Å²) in [5.74, 6) is 0.565. The first kappa shape index (κ1) is 17.8. The molecule has 1 aromatic carbocycles. The Bertz CT molecular complexity index is 640. The molecule has 0 saturated carbocycles. The monoisotopic (exact) mass is 349 g/mol. The van der Waals surface area contributed by atoms with Crippen molar-refractivity contribution >= 4 is 23.2 Å². The van der Waals surface area contributed by atoms with Crippen molar-refractivity contribution in [2.75, 3.05) is 20.3 Å². The first-order chi connectivity index (χ1) is 11.7. The molecule has 7 heteroatoms. The SMILES string of the molecule is COc1ccc(OCCC(=O)OCC(=O)NCc2cccs2)cc1. The van der Waals surface area contributed by atoms with Crippen molar-refractivity contribution < 1.29 is 23.8 Å². The molecule has 1 aromatic heterocycles. The zero-order valence-corrected chi connectivity index (χ0v) is 14.1. The molecule has 0 unspecified atom stereocenters. The van der Waals surface area contributed by atoms with Crippen LogP contribution in [-0.2, 0) is 20.9 Å². The molecular weight excluding hydrogens is 330 g/mol. The van der Waals surface area contributed by atoms with Crippen molar-refractivity contribution in [1.82, 2.24) is 5.32 Å². The molecular formula is C17H19NO5S. The topological polar surface area (TPSA) is 73.9 Å². The lowest BCUT2D eigenvalue weighted by Gasteiger charge is -2.08. The molecule has 0 spiro atoms. The normalized spacial score (nSPS) is 10.0. The lowest BCUT2D eigenvalue weighted by atomic mass is 10.3. The van der Waals surface area contributed by atoms with E-state index >= 15 is 0 Å². The molecule has 0 saturated heterocycles. The van der Waals surface area contributed by atoms with Gasteiger partial charge in [0, 0.05) is 4.88 Å². The first-order valence-electron chi connectivity index (χ1n) is 7.39. The molecule has 0 aliphatic carbocycles. The molecule has 0 bridgehead atoms. The maximum Gasteiger partial charge on any atom is 0.309 e. The summed E-state index contributed by atoms with van der Waals surface area (Å²) in [7, 11) is 1.59. The van der Waals surface area contributed by atoms with Gasteiger partial charge in [-0.15, -0.1) is 11.3 Å². The van der Waals surface area contributed by atoms with Gasteiger partial charge >= 0.3 is 5.97 Å². The summed E-state index contributed by atoms with van der Waals surface area (Å²) in [6.45, 7) is 0.337. The minimum atomic E-state index is -0.477. The summed E-state index contributed by atoms with van der Waals surface area (Å²) < 4.78 is 15.4. The van der Waals surface area contributed by atoms with Gasteiger partial charge in [0.1, 0.15) is 11.5 Å². The predicted octanol–water partition coefficient (Wildman–Crippen LogP) is 2.39. The van der Waals surface area contributed by atoms with Gasteiger partial charge in [0.25, 0.3) is 5.91 Å². The highest BCUT2D eigenvalue weighted by Gasteiger charge is 2.08. The second kappa shape index (κ2) is 9.57. The Kier molecular flexibility index (Phi) is 7.10. The summed E-state index contributed by atoms with van der Waals surface area (Å²) in [5, 5.41) is 4.62. The fourth-order valence-electron chi connectivity index (χ4n) is 1.79. The number of thiophene rings is 1. The van der Waals surface area contributed by atoms with Crippen molar-refractivity contribution in [1.29, 1.82) is 0 Å². The molecule has 2 rings (SSSR count). The van der Waals surface area contributed by atoms with E-state index in [1.54, 1.807) is 42.7 Å². The summed E-state index contributed by atoms with van der Waals surface area (Å²) in [6.07, 6.45) is 0.0736. The Balaban J connectivity index is 1.58. The maximum atomic E-state index is 11.6. The molecule has 0 aliphatic heterocycles. The van der Waals surface area contributed by atoms with Crippen LogP contribution in [-0.4, -0.2) is 32.2 Å². The molecule has 6 nitrogen and oxygen atoms in total. The van der Waals surface area contributed by atoms with Gasteiger partial charge < -0.3 is 19.5 Å². The van der Waals surface area contributed by atoms with Crippen molar-refractivity contribution in [3.05, 3.63) is 46.7 Å². The van der Waals surface area contributed by atoms with E-state index in [0.717, 1.165) is 10.6 Å². The third-order valence-corrected chi connectivity index (χ3v) is 3.91. The molecule has 1 heterocycles. The minimum absolute atomic E-state index is 0.0736. The van der Waals surface area contributed by atoms with Crippen LogP contribution in [0, 0.1) is 0 Å². The molecule has 128 valence electrons. The van der Waals surface area contributed by atoms with Crippen molar-refractivity contribution in [3.8, 4) is 11.5 Å². The Labute approximate surface area is 144 Å². The van der Waals surface area contributed by atoms with E-state index in [1.165, 1.54) is 0 Å². The molecule has 0 fully saturated rings. The van der Waals surface area contributed by atoms with Gasteiger partial charge in [-0.3, -0.25) is 9.59 Å². The minimum Gasteiger partial charge on any atom is -0.497 e. The number of carbonyl (C=O) groups excluding carboxylic acids is 2. The van der Waals surface area contributed by atoms with E-state index in [1.807, 2.05) is 17.5 Å². The van der Waals surface area contributed by atoms with Gasteiger partial charge in [-0.1, -0.05) is 6.07 Å². The van der Waals surface area contributed by atoms with E-state index < -0.39 is 5.97 Å². The highest BCUT2D eigenvalue weighted by molar-refractivity contribution is 7.09. The van der Waals surface area contributed by atoms with Gasteiger partial charge in [0.05, 0.1) is 26.7 Å². The number of nitrogens with one attached hydrogen (secondary N) is 1. The molecule has 2 aromatic rings. The Hall–Kier alpha value is -2.54. The summed E-state index contributed by atoms with van der Waals surface area (Å²) in [4.78, 5) is 24.2. The van der Waals surface area contributed by atoms with E-state index in [0.29, 0.717) is 12.3 Å². The zero-order valence-electron chi connectivity index (χ0n) is 13.3. The number of hydrogen-bond donors (Lipinski definition) is 1. The quantitative estimate of drug-likeness (QED) is 0.704. The Morgan fingerprint density at radius 1 is 1.12 bits per heavy atom. The summed E-state index contributed by atoms with van der Waals surface area (Å²) in [6, 6.07) is 10.9. The number of esters is 1. The van der Waals surface area contributed by atoms with E-state index in [2.05, 4.69) is 5.32 Å². The van der Waals surface area contributed by atoms with Crippen molar-refractivity contribution in [2.45, 2.75) is 13.0 Å². The van der Waals surface area contributed by atoms with E-state index in [4.69, 9.17) is 14.2 Å². The highest BCUT2D eigenvalue weighted by atomic mass is 32.1. The third-order valence-electron chi connectivity index (χ3n) is 3.04. The first-order valence-corrected chi connectivity index (χ1v) is 8.27. The van der Waals surface area contributed by atoms with Crippen LogP contribution in [0.2, 0.25) is 0 Å². The number of ether oxygens (including phenoxy) is 3. The van der Waals surface area contributed by atoms with Gasteiger partial charge in [-0.25, -0.2) is 0 Å². The average molecular weight is 349 g/mol. The maximum absolute atomic E-state index is 11.6. The predicted molar refractivity (Wildman–Crippen MR) is 90.2 cm³/mol. The number of hydrogen-bond acceptors (Lipinski definition) is 6. The van der Waals surface area contributed by atoms with Crippen LogP contribution in [0.25, 0.3) is 0 Å². The molecule has 1 amide bonds. The molecule has 24 heavy (non-hydrogen) atoms. The molecule has 0 atom stereocenters. The number of methoxy groups -OCH3 is 1. The largest absolute Gasteiger partial charge is 0.497 e. The Morgan fingerprint density at radius 3 is 2.54 bits per heavy atom. The highest BCUT2D eigenvalue weighted by Crippen LogP contribution is 2.17. The van der Waals surface area contributed by atoms with Crippen LogP contribution >= 0.6 is 11.3 Å². The lowest BCUT2D eigenvalue weighted by Crippen LogP contribution is -2.28. The number of carbonyl (C=O) groups is 2. The van der Waals surface area contributed by atoms with Gasteiger partial charge in [-0.05, 0) is 35.7 Å². The van der Waals surface area contributed by atoms with Crippen LogP contribution < -0.4 is 14.8 Å². The number of benzene rings is 1. The van der Waals surface area contributed by atoms with Crippen LogP contribution in [0.4, 0.5) is 0 Å². The summed E-state index contributed by atoms with van der Waals surface area (Å²) in [5.41, 5.74) is 0. The Morgan fingerprint density at radius 2 is 1.88 bits per heavy atom. The van der Waals surface area contributed by atoms with Crippen molar-refractivity contribution in [2.24, 2.45) is 0 Å². The fourth-order valence-corrected chi connectivity index (χ4v) is 2.44. The molecule has 0 aliphatic rings. The molecule has 0 radical (unpaired) electrons. The number of rotatable bonds is 9. The lowest BCUT2D eigenvalue weighted by molar-refractivity contribution is -0.149. The second-order valence-corrected chi connectivity index (χ2v) is 5.82. The van der Waals surface area contributed by atoms with Crippen LogP contribution in [0.3, 0.4) is 0 Å². The standard InChI is InChI=1S/C17H19NO5S/c1-21-13-4-6-14(7-5-13)22-9-8-17(20)23-12-16(19)18-11-15-3-2-10-24-15/h2-7,10H,8-9,11-12H2,1H3,(H,18,19). The third kappa shape index (κ3) is 6.29. The van der Waals surface area contributed by atoms with Gasteiger partial charge in [0.15, 0.2) is 6.61 Å². The van der Waals surface area contributed by atoms with Gasteiger partial charge in [-0.2, -0.15) is 0 Å². The fraction of sp³-hybridized carbons (Fsp3) is 0.294. The van der Waals surface area contributed by atoms with Crippen LogP contribution in [0.5, 0.6) is 11.5 Å². The van der Waals surface area contributed by atoms with Crippen LogP contribution in [0.15, 0.2) is 41.8 Å². The second-order valence-electron chi connectivity index (χ2n) is 4.79. The van der Waals surface area contributed by atoms with Crippen LogP contribution in [0.1, 0.15) is 11.3 Å². The number of amides is 1. The van der Waals surface area contributed by atoms with Gasteiger partial charge in [0.2, 0.25) is 0 Å². The summed E-state index contributed by atoms with van der Waals surface area (Å²) >= 11 is 1.55. The zero-order chi connectivity index (χ0) is 17.2. The van der Waals surface area contributed by atoms with E-state index in [9.17, 15) is 9.59 Å². The molecule has 1 N–H and O–H groups in total. The van der Waals surface area contributed by atoms with Crippen molar-refractivity contribution in [3.63, 3.8) is 0 Å². The average Bonchev–Trinajstić information content (AvgIpc) is 3.12. The smallest absolute Gasteiger partial charge is 0.309 e. The van der Waals surface area contributed by atoms with E-state index in [-0.39, 0.29) is 25.5 Å².